The third-order valence-electron chi connectivity index (χ3n) is 7.26. The van der Waals surface area contributed by atoms with Gasteiger partial charge >= 0.3 is 6.01 Å². The Bertz CT molecular complexity index is 1210. The van der Waals surface area contributed by atoms with Crippen molar-refractivity contribution >= 4 is 23.5 Å². The Hall–Kier alpha value is -3.94. The molecule has 5 N–H and O–H groups in total. The topological polar surface area (TPSA) is 162 Å². The van der Waals surface area contributed by atoms with Crippen molar-refractivity contribution in [3.63, 3.8) is 0 Å². The second-order valence-corrected chi connectivity index (χ2v) is 9.86. The highest BCUT2D eigenvalue weighted by Crippen LogP contribution is 2.44. The molecule has 2 aliphatic carbocycles. The molecular formula is C25H30N8O3. The summed E-state index contributed by atoms with van der Waals surface area (Å²) in [6.45, 7) is 1.57. The number of terminal acetylenes is 1. The minimum absolute atomic E-state index is 0.0425. The van der Waals surface area contributed by atoms with Crippen molar-refractivity contribution in [2.75, 3.05) is 30.3 Å². The van der Waals surface area contributed by atoms with E-state index < -0.39 is 5.91 Å². The second-order valence-electron chi connectivity index (χ2n) is 9.86. The number of aromatic nitrogens is 4. The quantitative estimate of drug-likeness (QED) is 0.464. The lowest BCUT2D eigenvalue weighted by atomic mass is 9.93. The first-order chi connectivity index (χ1) is 17.4. The number of piperidine rings is 1. The zero-order chi connectivity index (χ0) is 25.3. The summed E-state index contributed by atoms with van der Waals surface area (Å²) in [6.07, 6.45) is 12.0. The van der Waals surface area contributed by atoms with Crippen LogP contribution in [0.15, 0.2) is 12.1 Å². The molecule has 3 heterocycles. The average Bonchev–Trinajstić information content (AvgIpc) is 3.65. The van der Waals surface area contributed by atoms with Crippen LogP contribution in [0.4, 0.5) is 11.6 Å². The predicted molar refractivity (Wildman–Crippen MR) is 132 cm³/mol. The maximum Gasteiger partial charge on any atom is 0.322 e. The van der Waals surface area contributed by atoms with Gasteiger partial charge in [0, 0.05) is 30.7 Å². The fourth-order valence-electron chi connectivity index (χ4n) is 4.42. The number of nitrogens with zero attached hydrogens (tertiary/aromatic N) is 5. The van der Waals surface area contributed by atoms with Gasteiger partial charge in [-0.25, -0.2) is 4.98 Å². The standard InChI is InChI=1S/C25H30N8O3/c1-2-25(10-11-25)14-36-24-31-21(22(35)28-16-4-3-5-16)30-23(32-24)33-12-8-15(9-13-33)18-7-6-17(26)19(29-18)20(27)34/h1,6-7,15-16H,3-5,8-14,26H2,(H2,27,34)(H,28,35). The van der Waals surface area contributed by atoms with E-state index in [1.807, 2.05) is 11.0 Å². The number of hydrogen-bond acceptors (Lipinski definition) is 9. The second kappa shape index (κ2) is 9.60. The number of carbonyl (C=O) groups is 2. The Balaban J connectivity index is 1.31. The SMILES string of the molecule is C#CC1(COc2nc(C(=O)NC3CCC3)nc(N3CCC(c4ccc(N)c(C(N)=O)n4)CC3)n2)CC1. The van der Waals surface area contributed by atoms with Gasteiger partial charge in [0.25, 0.3) is 11.8 Å². The molecule has 2 amide bonds. The molecule has 11 heteroatoms. The Morgan fingerprint density at radius 1 is 1.14 bits per heavy atom. The fraction of sp³-hybridized carbons (Fsp3) is 0.520. The molecular weight excluding hydrogens is 460 g/mol. The van der Waals surface area contributed by atoms with E-state index >= 15 is 0 Å². The molecule has 2 aromatic rings. The normalized spacial score (nSPS) is 19.1. The molecule has 0 spiro atoms. The Morgan fingerprint density at radius 3 is 2.50 bits per heavy atom. The highest BCUT2D eigenvalue weighted by Gasteiger charge is 2.42. The van der Waals surface area contributed by atoms with Crippen LogP contribution < -0.4 is 26.4 Å². The molecule has 2 saturated carbocycles. The number of nitrogens with one attached hydrogen (secondary N) is 1. The minimum atomic E-state index is -0.643. The smallest absolute Gasteiger partial charge is 0.322 e. The zero-order valence-corrected chi connectivity index (χ0v) is 20.1. The molecule has 3 fully saturated rings. The molecule has 36 heavy (non-hydrogen) atoms. The predicted octanol–water partition coefficient (Wildman–Crippen LogP) is 1.41. The van der Waals surface area contributed by atoms with E-state index in [0.29, 0.717) is 25.6 Å². The van der Waals surface area contributed by atoms with Gasteiger partial charge in [0.05, 0.1) is 11.1 Å². The molecule has 3 aliphatic rings. The minimum Gasteiger partial charge on any atom is -0.462 e. The van der Waals surface area contributed by atoms with Gasteiger partial charge < -0.3 is 26.4 Å². The highest BCUT2D eigenvalue weighted by molar-refractivity contribution is 5.95. The van der Waals surface area contributed by atoms with E-state index in [1.54, 1.807) is 6.07 Å². The number of amides is 2. The van der Waals surface area contributed by atoms with E-state index in [2.05, 4.69) is 31.2 Å². The van der Waals surface area contributed by atoms with Gasteiger partial charge in [-0.2, -0.15) is 15.0 Å². The maximum absolute atomic E-state index is 12.8. The molecule has 1 aliphatic heterocycles. The van der Waals surface area contributed by atoms with Crippen LogP contribution in [0.1, 0.15) is 77.7 Å². The first-order valence-electron chi connectivity index (χ1n) is 12.3. The van der Waals surface area contributed by atoms with Crippen molar-refractivity contribution in [2.45, 2.75) is 56.9 Å². The summed E-state index contributed by atoms with van der Waals surface area (Å²) in [5.41, 5.74) is 12.1. The van der Waals surface area contributed by atoms with Crippen LogP contribution in [0, 0.1) is 17.8 Å². The van der Waals surface area contributed by atoms with Crippen LogP contribution in [-0.2, 0) is 0 Å². The Morgan fingerprint density at radius 2 is 1.89 bits per heavy atom. The largest absolute Gasteiger partial charge is 0.462 e. The molecule has 0 radical (unpaired) electrons. The highest BCUT2D eigenvalue weighted by atomic mass is 16.5. The summed E-state index contributed by atoms with van der Waals surface area (Å²) < 4.78 is 5.85. The van der Waals surface area contributed by atoms with Crippen LogP contribution in [0.25, 0.3) is 0 Å². The lowest BCUT2D eigenvalue weighted by Gasteiger charge is -2.32. The van der Waals surface area contributed by atoms with E-state index in [1.165, 1.54) is 0 Å². The summed E-state index contributed by atoms with van der Waals surface area (Å²) in [7, 11) is 0. The van der Waals surface area contributed by atoms with E-state index in [9.17, 15) is 9.59 Å². The third-order valence-corrected chi connectivity index (χ3v) is 7.26. The molecule has 5 rings (SSSR count). The summed E-state index contributed by atoms with van der Waals surface area (Å²) in [5.74, 6) is 2.38. The molecule has 0 aromatic carbocycles. The van der Waals surface area contributed by atoms with Gasteiger partial charge in [0.1, 0.15) is 6.61 Å². The molecule has 1 saturated heterocycles. The summed E-state index contributed by atoms with van der Waals surface area (Å²) in [5, 5.41) is 2.98. The van der Waals surface area contributed by atoms with Crippen molar-refractivity contribution in [3.05, 3.63) is 29.3 Å². The summed E-state index contributed by atoms with van der Waals surface area (Å²) in [4.78, 5) is 44.1. The van der Waals surface area contributed by atoms with Crippen molar-refractivity contribution in [2.24, 2.45) is 11.1 Å². The van der Waals surface area contributed by atoms with Crippen molar-refractivity contribution in [1.29, 1.82) is 0 Å². The number of rotatable bonds is 8. The van der Waals surface area contributed by atoms with Crippen molar-refractivity contribution < 1.29 is 14.3 Å². The summed E-state index contributed by atoms with van der Waals surface area (Å²) in [6, 6.07) is 3.76. The molecule has 188 valence electrons. The zero-order valence-electron chi connectivity index (χ0n) is 20.1. The fourth-order valence-corrected chi connectivity index (χ4v) is 4.42. The number of hydrogen-bond donors (Lipinski definition) is 3. The van der Waals surface area contributed by atoms with E-state index in [4.69, 9.17) is 22.6 Å². The van der Waals surface area contributed by atoms with Crippen molar-refractivity contribution in [3.8, 4) is 18.4 Å². The Kier molecular flexibility index (Phi) is 6.35. The van der Waals surface area contributed by atoms with Gasteiger partial charge in [-0.05, 0) is 57.1 Å². The van der Waals surface area contributed by atoms with Gasteiger partial charge in [-0.1, -0.05) is 5.92 Å². The average molecular weight is 491 g/mol. The van der Waals surface area contributed by atoms with Crippen LogP contribution in [-0.4, -0.2) is 57.5 Å². The third kappa shape index (κ3) is 5.03. The summed E-state index contributed by atoms with van der Waals surface area (Å²) >= 11 is 0. The number of nitrogens with two attached hydrogens (primary N) is 2. The monoisotopic (exact) mass is 490 g/mol. The van der Waals surface area contributed by atoms with Crippen LogP contribution in [0.2, 0.25) is 0 Å². The molecule has 2 aromatic heterocycles. The van der Waals surface area contributed by atoms with Crippen LogP contribution in [0.3, 0.4) is 0 Å². The number of carbonyl (C=O) groups excluding carboxylic acids is 2. The number of primary amides is 1. The molecule has 0 atom stereocenters. The lowest BCUT2D eigenvalue weighted by Crippen LogP contribution is -2.41. The van der Waals surface area contributed by atoms with Crippen molar-refractivity contribution in [1.82, 2.24) is 25.3 Å². The first kappa shape index (κ1) is 23.8. The van der Waals surface area contributed by atoms with Crippen LogP contribution in [0.5, 0.6) is 6.01 Å². The Labute approximate surface area is 209 Å². The first-order valence-corrected chi connectivity index (χ1v) is 12.3. The van der Waals surface area contributed by atoms with Gasteiger partial charge in [0.15, 0.2) is 5.69 Å². The molecule has 0 bridgehead atoms. The lowest BCUT2D eigenvalue weighted by molar-refractivity contribution is 0.0903. The van der Waals surface area contributed by atoms with Gasteiger partial charge in [-0.15, -0.1) is 6.42 Å². The number of ether oxygens (including phenoxy) is 1. The molecule has 11 nitrogen and oxygen atoms in total. The van der Waals surface area contributed by atoms with E-state index in [0.717, 1.165) is 50.6 Å². The number of pyridine rings is 1. The van der Waals surface area contributed by atoms with E-state index in [-0.39, 0.29) is 46.5 Å². The van der Waals surface area contributed by atoms with Gasteiger partial charge in [0.2, 0.25) is 11.8 Å². The maximum atomic E-state index is 12.8. The molecule has 0 unspecified atom stereocenters. The number of anilines is 2. The van der Waals surface area contributed by atoms with Crippen LogP contribution >= 0.6 is 0 Å². The number of nitrogen functional groups attached to an aromatic ring is 1. The van der Waals surface area contributed by atoms with Gasteiger partial charge in [-0.3, -0.25) is 9.59 Å².